The number of anilines is 1. The van der Waals surface area contributed by atoms with Crippen LogP contribution in [0.5, 0.6) is 0 Å². The van der Waals surface area contributed by atoms with Gasteiger partial charge in [0.25, 0.3) is 10.0 Å². The molecule has 2 rings (SSSR count). The summed E-state index contributed by atoms with van der Waals surface area (Å²) in [4.78, 5) is 11.0. The summed E-state index contributed by atoms with van der Waals surface area (Å²) in [5.74, 6) is -1.17. The fourth-order valence-electron chi connectivity index (χ4n) is 1.91. The fourth-order valence-corrected chi connectivity index (χ4v) is 3.23. The van der Waals surface area contributed by atoms with Gasteiger partial charge in [0, 0.05) is 5.02 Å². The number of halogens is 1. The number of aromatic carboxylic acids is 1. The lowest BCUT2D eigenvalue weighted by atomic mass is 10.1. The molecule has 0 amide bonds. The van der Waals surface area contributed by atoms with Gasteiger partial charge in [0.2, 0.25) is 0 Å². The van der Waals surface area contributed by atoms with E-state index in [4.69, 9.17) is 16.7 Å². The molecule has 0 bridgehead atoms. The molecule has 0 saturated carbocycles. The van der Waals surface area contributed by atoms with E-state index in [1.807, 2.05) is 0 Å². The minimum Gasteiger partial charge on any atom is -0.478 e. The predicted molar refractivity (Wildman–Crippen MR) is 85.1 cm³/mol. The second-order valence-corrected chi connectivity index (χ2v) is 6.97. The van der Waals surface area contributed by atoms with Crippen molar-refractivity contribution in [2.24, 2.45) is 0 Å². The topological polar surface area (TPSA) is 83.5 Å². The standard InChI is InChI=1S/C15H14ClNO4S/c1-9-4-6-12(8-13(9)15(18)19)22(20,21)17-14-7-11(16)5-3-10(14)2/h3-8,17H,1-2H3,(H,18,19). The molecule has 116 valence electrons. The third-order valence-corrected chi connectivity index (χ3v) is 4.79. The van der Waals surface area contributed by atoms with E-state index >= 15 is 0 Å². The first-order valence-corrected chi connectivity index (χ1v) is 8.20. The van der Waals surface area contributed by atoms with Gasteiger partial charge in [-0.15, -0.1) is 0 Å². The van der Waals surface area contributed by atoms with E-state index < -0.39 is 16.0 Å². The third kappa shape index (κ3) is 3.40. The molecule has 22 heavy (non-hydrogen) atoms. The number of carboxylic acid groups (broad SMARTS) is 1. The zero-order valence-electron chi connectivity index (χ0n) is 11.9. The monoisotopic (exact) mass is 339 g/mol. The Morgan fingerprint density at radius 3 is 2.36 bits per heavy atom. The molecular formula is C15H14ClNO4S. The number of hydrogen-bond acceptors (Lipinski definition) is 3. The Kier molecular flexibility index (Phi) is 4.44. The summed E-state index contributed by atoms with van der Waals surface area (Å²) in [6.07, 6.45) is 0. The molecule has 0 unspecified atom stereocenters. The van der Waals surface area contributed by atoms with E-state index in [2.05, 4.69) is 4.72 Å². The predicted octanol–water partition coefficient (Wildman–Crippen LogP) is 3.46. The molecule has 0 radical (unpaired) electrons. The molecule has 7 heteroatoms. The van der Waals surface area contributed by atoms with Crippen molar-refractivity contribution in [3.05, 3.63) is 58.1 Å². The third-order valence-electron chi connectivity index (χ3n) is 3.19. The largest absolute Gasteiger partial charge is 0.478 e. The van der Waals surface area contributed by atoms with Crippen molar-refractivity contribution in [1.29, 1.82) is 0 Å². The number of nitrogens with one attached hydrogen (secondary N) is 1. The lowest BCUT2D eigenvalue weighted by Gasteiger charge is -2.12. The second kappa shape index (κ2) is 5.98. The normalized spacial score (nSPS) is 11.2. The highest BCUT2D eigenvalue weighted by Crippen LogP contribution is 2.24. The van der Waals surface area contributed by atoms with Crippen LogP contribution in [0.3, 0.4) is 0 Å². The summed E-state index contributed by atoms with van der Waals surface area (Å²) in [5, 5.41) is 9.49. The molecule has 0 heterocycles. The van der Waals surface area contributed by atoms with Crippen LogP contribution in [0, 0.1) is 13.8 Å². The fraction of sp³-hybridized carbons (Fsp3) is 0.133. The van der Waals surface area contributed by atoms with Crippen molar-refractivity contribution in [3.63, 3.8) is 0 Å². The van der Waals surface area contributed by atoms with Gasteiger partial charge in [-0.2, -0.15) is 0 Å². The van der Waals surface area contributed by atoms with Gasteiger partial charge in [0.1, 0.15) is 0 Å². The van der Waals surface area contributed by atoms with Gasteiger partial charge in [-0.3, -0.25) is 4.72 Å². The molecule has 2 aromatic carbocycles. The van der Waals surface area contributed by atoms with Gasteiger partial charge in [-0.25, -0.2) is 13.2 Å². The minimum absolute atomic E-state index is 0.0503. The molecule has 2 aromatic rings. The summed E-state index contributed by atoms with van der Waals surface area (Å²) in [6, 6.07) is 8.81. The van der Waals surface area contributed by atoms with Crippen LogP contribution in [-0.2, 0) is 10.0 Å². The van der Waals surface area contributed by atoms with E-state index in [1.165, 1.54) is 18.2 Å². The van der Waals surface area contributed by atoms with E-state index in [0.29, 0.717) is 21.8 Å². The molecule has 0 aliphatic rings. The number of hydrogen-bond donors (Lipinski definition) is 2. The first-order chi connectivity index (χ1) is 10.2. The Balaban J connectivity index is 2.45. The van der Waals surface area contributed by atoms with E-state index in [-0.39, 0.29) is 10.5 Å². The van der Waals surface area contributed by atoms with Gasteiger partial charge in [-0.05, 0) is 49.2 Å². The Morgan fingerprint density at radius 1 is 1.09 bits per heavy atom. The highest BCUT2D eigenvalue weighted by atomic mass is 35.5. The maximum absolute atomic E-state index is 12.4. The van der Waals surface area contributed by atoms with Crippen molar-refractivity contribution in [1.82, 2.24) is 0 Å². The maximum atomic E-state index is 12.4. The molecule has 2 N–H and O–H groups in total. The summed E-state index contributed by atoms with van der Waals surface area (Å²) >= 11 is 5.87. The average Bonchev–Trinajstić information content (AvgIpc) is 2.42. The Hall–Kier alpha value is -2.05. The maximum Gasteiger partial charge on any atom is 0.335 e. The SMILES string of the molecule is Cc1ccc(Cl)cc1NS(=O)(=O)c1ccc(C)c(C(=O)O)c1. The lowest BCUT2D eigenvalue weighted by Crippen LogP contribution is -2.15. The van der Waals surface area contributed by atoms with Crippen LogP contribution >= 0.6 is 11.6 Å². The summed E-state index contributed by atoms with van der Waals surface area (Å²) in [7, 11) is -3.90. The molecule has 0 aliphatic carbocycles. The number of carboxylic acids is 1. The minimum atomic E-state index is -3.90. The molecule has 5 nitrogen and oxygen atoms in total. The molecule has 0 spiro atoms. The first-order valence-electron chi connectivity index (χ1n) is 6.33. The average molecular weight is 340 g/mol. The van der Waals surface area contributed by atoms with Gasteiger partial charge in [-0.1, -0.05) is 23.7 Å². The van der Waals surface area contributed by atoms with Gasteiger partial charge in [0.15, 0.2) is 0 Å². The van der Waals surface area contributed by atoms with Crippen LogP contribution in [0.4, 0.5) is 5.69 Å². The zero-order chi connectivity index (χ0) is 16.5. The number of aryl methyl sites for hydroxylation is 2. The summed E-state index contributed by atoms with van der Waals surface area (Å²) in [6.45, 7) is 3.35. The van der Waals surface area contributed by atoms with Gasteiger partial charge < -0.3 is 5.11 Å². The first kappa shape index (κ1) is 16.3. The Morgan fingerprint density at radius 2 is 1.73 bits per heavy atom. The van der Waals surface area contributed by atoms with Crippen molar-refractivity contribution < 1.29 is 18.3 Å². The lowest BCUT2D eigenvalue weighted by molar-refractivity contribution is 0.0696. The molecule has 0 aliphatic heterocycles. The van der Waals surface area contributed by atoms with Crippen LogP contribution < -0.4 is 4.72 Å². The van der Waals surface area contributed by atoms with Crippen LogP contribution in [0.1, 0.15) is 21.5 Å². The number of benzene rings is 2. The van der Waals surface area contributed by atoms with Crippen LogP contribution in [0.15, 0.2) is 41.3 Å². The van der Waals surface area contributed by atoms with Crippen molar-refractivity contribution in [2.45, 2.75) is 18.7 Å². The Bertz CT molecular complexity index is 847. The number of rotatable bonds is 4. The second-order valence-electron chi connectivity index (χ2n) is 4.85. The van der Waals surface area contributed by atoms with Gasteiger partial charge >= 0.3 is 5.97 Å². The van der Waals surface area contributed by atoms with Crippen LogP contribution in [-0.4, -0.2) is 19.5 Å². The highest BCUT2D eigenvalue weighted by molar-refractivity contribution is 7.92. The number of carbonyl (C=O) groups is 1. The van der Waals surface area contributed by atoms with Crippen molar-refractivity contribution in [3.8, 4) is 0 Å². The molecule has 0 fully saturated rings. The van der Waals surface area contributed by atoms with E-state index in [9.17, 15) is 13.2 Å². The van der Waals surface area contributed by atoms with Crippen molar-refractivity contribution in [2.75, 3.05) is 4.72 Å². The molecule has 0 saturated heterocycles. The van der Waals surface area contributed by atoms with E-state index in [0.717, 1.165) is 6.07 Å². The summed E-state index contributed by atoms with van der Waals surface area (Å²) < 4.78 is 27.2. The summed E-state index contributed by atoms with van der Waals surface area (Å²) in [5.41, 5.74) is 1.50. The van der Waals surface area contributed by atoms with Crippen LogP contribution in [0.2, 0.25) is 5.02 Å². The van der Waals surface area contributed by atoms with E-state index in [1.54, 1.807) is 26.0 Å². The van der Waals surface area contributed by atoms with Crippen molar-refractivity contribution >= 4 is 33.3 Å². The Labute approximate surface area is 133 Å². The number of sulfonamides is 1. The zero-order valence-corrected chi connectivity index (χ0v) is 13.5. The molecule has 0 atom stereocenters. The van der Waals surface area contributed by atoms with Crippen LogP contribution in [0.25, 0.3) is 0 Å². The highest BCUT2D eigenvalue weighted by Gasteiger charge is 2.18. The smallest absolute Gasteiger partial charge is 0.335 e. The molecular weight excluding hydrogens is 326 g/mol. The molecule has 0 aromatic heterocycles. The van der Waals surface area contributed by atoms with Gasteiger partial charge in [0.05, 0.1) is 16.1 Å². The quantitative estimate of drug-likeness (QED) is 0.893.